The molecule has 24 heavy (non-hydrogen) atoms. The van der Waals surface area contributed by atoms with Crippen molar-refractivity contribution in [2.24, 2.45) is 0 Å². The Kier molecular flexibility index (Phi) is 6.49. The molecule has 5 heteroatoms. The SMILES string of the molecule is Cc1ccc(Nc2cc(OCCCCCC(=O)O)ccc2N)cc1. The second-order valence-electron chi connectivity index (χ2n) is 5.79. The van der Waals surface area contributed by atoms with Crippen LogP contribution in [0.5, 0.6) is 5.75 Å². The van der Waals surface area contributed by atoms with Crippen molar-refractivity contribution in [2.45, 2.75) is 32.6 Å². The van der Waals surface area contributed by atoms with Crippen LogP contribution in [0, 0.1) is 6.92 Å². The standard InChI is InChI=1S/C19H24N2O3/c1-14-6-8-15(9-7-14)21-18-13-16(10-11-17(18)20)24-12-4-2-3-5-19(22)23/h6-11,13,21H,2-5,12,20H2,1H3,(H,22,23). The minimum atomic E-state index is -0.749. The molecule has 0 aliphatic rings. The van der Waals surface area contributed by atoms with Gasteiger partial charge in [0.2, 0.25) is 0 Å². The number of hydrogen-bond donors (Lipinski definition) is 3. The summed E-state index contributed by atoms with van der Waals surface area (Å²) in [6.07, 6.45) is 2.57. The number of rotatable bonds is 9. The van der Waals surface area contributed by atoms with Crippen molar-refractivity contribution < 1.29 is 14.6 Å². The van der Waals surface area contributed by atoms with Gasteiger partial charge in [0.15, 0.2) is 0 Å². The number of carbonyl (C=O) groups is 1. The lowest BCUT2D eigenvalue weighted by molar-refractivity contribution is -0.137. The van der Waals surface area contributed by atoms with E-state index in [1.54, 1.807) is 0 Å². The van der Waals surface area contributed by atoms with Gasteiger partial charge in [0.05, 0.1) is 18.0 Å². The maximum absolute atomic E-state index is 10.4. The van der Waals surface area contributed by atoms with Gasteiger partial charge in [-0.1, -0.05) is 17.7 Å². The zero-order valence-electron chi connectivity index (χ0n) is 13.9. The zero-order chi connectivity index (χ0) is 17.4. The van der Waals surface area contributed by atoms with Crippen LogP contribution in [0.2, 0.25) is 0 Å². The summed E-state index contributed by atoms with van der Waals surface area (Å²) in [7, 11) is 0. The Bertz CT molecular complexity index is 669. The van der Waals surface area contributed by atoms with Gasteiger partial charge >= 0.3 is 5.97 Å². The molecule has 0 radical (unpaired) electrons. The van der Waals surface area contributed by atoms with Gasteiger partial charge in [-0.15, -0.1) is 0 Å². The molecule has 0 fully saturated rings. The molecule has 128 valence electrons. The molecule has 0 heterocycles. The molecule has 2 rings (SSSR count). The molecule has 0 aliphatic carbocycles. The van der Waals surface area contributed by atoms with E-state index in [-0.39, 0.29) is 6.42 Å². The first-order valence-electron chi connectivity index (χ1n) is 8.12. The van der Waals surface area contributed by atoms with E-state index < -0.39 is 5.97 Å². The Labute approximate surface area is 142 Å². The third-order valence-electron chi connectivity index (χ3n) is 3.66. The van der Waals surface area contributed by atoms with Crippen LogP contribution >= 0.6 is 0 Å². The minimum absolute atomic E-state index is 0.215. The van der Waals surface area contributed by atoms with Crippen LogP contribution in [0.25, 0.3) is 0 Å². The van der Waals surface area contributed by atoms with E-state index in [9.17, 15) is 4.79 Å². The van der Waals surface area contributed by atoms with Crippen LogP contribution in [0.15, 0.2) is 42.5 Å². The van der Waals surface area contributed by atoms with Crippen LogP contribution in [0.3, 0.4) is 0 Å². The fourth-order valence-electron chi connectivity index (χ4n) is 2.27. The zero-order valence-corrected chi connectivity index (χ0v) is 13.9. The summed E-state index contributed by atoms with van der Waals surface area (Å²) in [6, 6.07) is 13.6. The van der Waals surface area contributed by atoms with Crippen LogP contribution in [0.1, 0.15) is 31.2 Å². The molecule has 0 unspecified atom stereocenters. The fraction of sp³-hybridized carbons (Fsp3) is 0.316. The highest BCUT2D eigenvalue weighted by Gasteiger charge is 2.03. The van der Waals surface area contributed by atoms with Crippen molar-refractivity contribution in [1.29, 1.82) is 0 Å². The van der Waals surface area contributed by atoms with Crippen molar-refractivity contribution >= 4 is 23.0 Å². The largest absolute Gasteiger partial charge is 0.494 e. The smallest absolute Gasteiger partial charge is 0.303 e. The number of anilines is 3. The van der Waals surface area contributed by atoms with Gasteiger partial charge in [0.1, 0.15) is 5.75 Å². The first-order chi connectivity index (χ1) is 11.5. The Balaban J connectivity index is 1.86. The summed E-state index contributed by atoms with van der Waals surface area (Å²) in [5, 5.41) is 11.9. The van der Waals surface area contributed by atoms with Crippen LogP contribution < -0.4 is 15.8 Å². The van der Waals surface area contributed by atoms with Crippen molar-refractivity contribution in [3.8, 4) is 5.75 Å². The average molecular weight is 328 g/mol. The molecular weight excluding hydrogens is 304 g/mol. The highest BCUT2D eigenvalue weighted by atomic mass is 16.5. The van der Waals surface area contributed by atoms with Gasteiger partial charge < -0.3 is 20.9 Å². The third-order valence-corrected chi connectivity index (χ3v) is 3.66. The number of ether oxygens (including phenoxy) is 1. The Morgan fingerprint density at radius 3 is 2.58 bits per heavy atom. The molecule has 5 nitrogen and oxygen atoms in total. The molecule has 4 N–H and O–H groups in total. The van der Waals surface area contributed by atoms with E-state index in [1.165, 1.54) is 5.56 Å². The number of aryl methyl sites for hydroxylation is 1. The van der Waals surface area contributed by atoms with Crippen LogP contribution in [-0.4, -0.2) is 17.7 Å². The lowest BCUT2D eigenvalue weighted by atomic mass is 10.2. The second-order valence-corrected chi connectivity index (χ2v) is 5.79. The Morgan fingerprint density at radius 2 is 1.88 bits per heavy atom. The van der Waals surface area contributed by atoms with Gasteiger partial charge in [-0.25, -0.2) is 0 Å². The summed E-state index contributed by atoms with van der Waals surface area (Å²) < 4.78 is 5.72. The second kappa shape index (κ2) is 8.82. The van der Waals surface area contributed by atoms with Crippen LogP contribution in [-0.2, 0) is 4.79 Å². The predicted octanol–water partition coefficient (Wildman–Crippen LogP) is 4.34. The first kappa shape index (κ1) is 17.7. The Morgan fingerprint density at radius 1 is 1.12 bits per heavy atom. The number of hydrogen-bond acceptors (Lipinski definition) is 4. The van der Waals surface area contributed by atoms with Crippen molar-refractivity contribution in [3.05, 3.63) is 48.0 Å². The monoisotopic (exact) mass is 328 g/mol. The van der Waals surface area contributed by atoms with E-state index >= 15 is 0 Å². The van der Waals surface area contributed by atoms with E-state index in [0.29, 0.717) is 18.7 Å². The minimum Gasteiger partial charge on any atom is -0.494 e. The molecule has 0 spiro atoms. The molecule has 0 saturated heterocycles. The van der Waals surface area contributed by atoms with E-state index in [4.69, 9.17) is 15.6 Å². The maximum Gasteiger partial charge on any atom is 0.303 e. The number of carboxylic acid groups (broad SMARTS) is 1. The topological polar surface area (TPSA) is 84.6 Å². The van der Waals surface area contributed by atoms with Crippen molar-refractivity contribution in [3.63, 3.8) is 0 Å². The lowest BCUT2D eigenvalue weighted by Gasteiger charge is -2.12. The number of nitrogen functional groups attached to an aromatic ring is 1. The Hall–Kier alpha value is -2.69. The molecule has 2 aromatic carbocycles. The summed E-state index contributed by atoms with van der Waals surface area (Å²) >= 11 is 0. The fourth-order valence-corrected chi connectivity index (χ4v) is 2.27. The summed E-state index contributed by atoms with van der Waals surface area (Å²) in [5.41, 5.74) is 9.65. The number of nitrogens with one attached hydrogen (secondary N) is 1. The number of nitrogens with two attached hydrogens (primary N) is 1. The van der Waals surface area contributed by atoms with Gasteiger partial charge in [-0.2, -0.15) is 0 Å². The number of aliphatic carboxylic acids is 1. The average Bonchev–Trinajstić information content (AvgIpc) is 2.55. The van der Waals surface area contributed by atoms with Gasteiger partial charge in [0, 0.05) is 18.2 Å². The molecule has 0 amide bonds. The third kappa shape index (κ3) is 5.83. The van der Waals surface area contributed by atoms with Gasteiger partial charge in [-0.05, 0) is 50.5 Å². The highest BCUT2D eigenvalue weighted by Crippen LogP contribution is 2.28. The van der Waals surface area contributed by atoms with Gasteiger partial charge in [-0.3, -0.25) is 4.79 Å². The van der Waals surface area contributed by atoms with E-state index in [2.05, 4.69) is 5.32 Å². The first-order valence-corrected chi connectivity index (χ1v) is 8.12. The van der Waals surface area contributed by atoms with E-state index in [0.717, 1.165) is 30.0 Å². The summed E-state index contributed by atoms with van der Waals surface area (Å²) in [4.78, 5) is 10.4. The van der Waals surface area contributed by atoms with Crippen LogP contribution in [0.4, 0.5) is 17.1 Å². The van der Waals surface area contributed by atoms with Crippen molar-refractivity contribution in [2.75, 3.05) is 17.7 Å². The normalized spacial score (nSPS) is 10.4. The molecule has 2 aromatic rings. The molecule has 0 bridgehead atoms. The predicted molar refractivity (Wildman–Crippen MR) is 96.9 cm³/mol. The molecule has 0 aliphatic heterocycles. The highest BCUT2D eigenvalue weighted by molar-refractivity contribution is 5.74. The number of benzene rings is 2. The van der Waals surface area contributed by atoms with E-state index in [1.807, 2.05) is 49.4 Å². The molecule has 0 aromatic heterocycles. The quantitative estimate of drug-likeness (QED) is 0.471. The maximum atomic E-state index is 10.4. The summed E-state index contributed by atoms with van der Waals surface area (Å²) in [6.45, 7) is 2.61. The molecule has 0 saturated carbocycles. The number of carboxylic acids is 1. The molecule has 0 atom stereocenters. The van der Waals surface area contributed by atoms with Gasteiger partial charge in [0.25, 0.3) is 0 Å². The lowest BCUT2D eigenvalue weighted by Crippen LogP contribution is -2.01. The molecular formula is C19H24N2O3. The number of unbranched alkanes of at least 4 members (excludes halogenated alkanes) is 2. The summed E-state index contributed by atoms with van der Waals surface area (Å²) in [5.74, 6) is -0.00155. The van der Waals surface area contributed by atoms with Crippen molar-refractivity contribution in [1.82, 2.24) is 0 Å².